The first-order valence-corrected chi connectivity index (χ1v) is 9.34. The van der Waals surface area contributed by atoms with Crippen molar-refractivity contribution < 1.29 is 9.59 Å². The Kier molecular flexibility index (Phi) is 5.90. The minimum Gasteiger partial charge on any atom is -0.383 e. The SMILES string of the molecule is CC(=O)c1cccc(NC(=O)[C@H](Sc2nc(N)cc(N)n2)c2ccccc2)c1. The lowest BCUT2D eigenvalue weighted by molar-refractivity contribution is -0.115. The Balaban J connectivity index is 1.89. The van der Waals surface area contributed by atoms with E-state index in [1.165, 1.54) is 13.0 Å². The van der Waals surface area contributed by atoms with Crippen LogP contribution in [-0.4, -0.2) is 21.7 Å². The molecule has 0 aliphatic rings. The molecule has 1 atom stereocenters. The number of nitrogen functional groups attached to an aromatic ring is 2. The molecule has 8 heteroatoms. The molecule has 1 aromatic heterocycles. The molecule has 2 aromatic carbocycles. The van der Waals surface area contributed by atoms with Crippen LogP contribution in [0.25, 0.3) is 0 Å². The third-order valence-electron chi connectivity index (χ3n) is 3.85. The van der Waals surface area contributed by atoms with Crippen molar-refractivity contribution >= 4 is 40.8 Å². The number of ketones is 1. The summed E-state index contributed by atoms with van der Waals surface area (Å²) in [4.78, 5) is 32.9. The lowest BCUT2D eigenvalue weighted by Gasteiger charge is -2.17. The van der Waals surface area contributed by atoms with E-state index in [0.717, 1.165) is 17.3 Å². The van der Waals surface area contributed by atoms with E-state index in [2.05, 4.69) is 15.3 Å². The first-order chi connectivity index (χ1) is 13.4. The Morgan fingerprint density at radius 2 is 1.64 bits per heavy atom. The number of aromatic nitrogens is 2. The van der Waals surface area contributed by atoms with Gasteiger partial charge >= 0.3 is 0 Å². The van der Waals surface area contributed by atoms with E-state index in [1.807, 2.05) is 30.3 Å². The number of anilines is 3. The predicted molar refractivity (Wildman–Crippen MR) is 111 cm³/mol. The summed E-state index contributed by atoms with van der Waals surface area (Å²) in [5.41, 5.74) is 13.3. The van der Waals surface area contributed by atoms with E-state index < -0.39 is 5.25 Å². The van der Waals surface area contributed by atoms with Crippen LogP contribution in [0.2, 0.25) is 0 Å². The summed E-state index contributed by atoms with van der Waals surface area (Å²) in [5.74, 6) is 0.114. The van der Waals surface area contributed by atoms with E-state index in [1.54, 1.807) is 24.3 Å². The fourth-order valence-corrected chi connectivity index (χ4v) is 3.53. The molecule has 0 saturated carbocycles. The number of nitrogens with one attached hydrogen (secondary N) is 1. The fraction of sp³-hybridized carbons (Fsp3) is 0.100. The predicted octanol–water partition coefficient (Wildman–Crippen LogP) is 3.32. The number of nitrogens with two attached hydrogens (primary N) is 2. The van der Waals surface area contributed by atoms with Gasteiger partial charge in [0.05, 0.1) is 0 Å². The highest BCUT2D eigenvalue weighted by Crippen LogP contribution is 2.35. The van der Waals surface area contributed by atoms with E-state index in [0.29, 0.717) is 16.4 Å². The maximum absolute atomic E-state index is 13.0. The van der Waals surface area contributed by atoms with Crippen molar-refractivity contribution in [2.75, 3.05) is 16.8 Å². The zero-order chi connectivity index (χ0) is 20.1. The van der Waals surface area contributed by atoms with Crippen molar-refractivity contribution in [3.8, 4) is 0 Å². The number of carbonyl (C=O) groups is 2. The van der Waals surface area contributed by atoms with Gasteiger partial charge in [0.2, 0.25) is 5.91 Å². The Morgan fingerprint density at radius 1 is 0.964 bits per heavy atom. The summed E-state index contributed by atoms with van der Waals surface area (Å²) in [7, 11) is 0. The topological polar surface area (TPSA) is 124 Å². The summed E-state index contributed by atoms with van der Waals surface area (Å²) in [6.07, 6.45) is 0. The van der Waals surface area contributed by atoms with Crippen LogP contribution in [0.1, 0.15) is 28.1 Å². The fourth-order valence-electron chi connectivity index (χ4n) is 2.54. The first-order valence-electron chi connectivity index (χ1n) is 8.46. The van der Waals surface area contributed by atoms with E-state index >= 15 is 0 Å². The highest BCUT2D eigenvalue weighted by Gasteiger charge is 2.24. The molecule has 7 nitrogen and oxygen atoms in total. The van der Waals surface area contributed by atoms with Crippen molar-refractivity contribution in [1.82, 2.24) is 9.97 Å². The Labute approximate surface area is 166 Å². The minimum absolute atomic E-state index is 0.0753. The van der Waals surface area contributed by atoms with Gasteiger partial charge in [0, 0.05) is 17.3 Å². The van der Waals surface area contributed by atoms with Crippen molar-refractivity contribution in [3.05, 3.63) is 71.8 Å². The lowest BCUT2D eigenvalue weighted by atomic mass is 10.1. The van der Waals surface area contributed by atoms with Gasteiger partial charge < -0.3 is 16.8 Å². The molecule has 0 aliphatic heterocycles. The molecule has 0 unspecified atom stereocenters. The Bertz CT molecular complexity index is 990. The summed E-state index contributed by atoms with van der Waals surface area (Å²) >= 11 is 1.15. The number of nitrogens with zero attached hydrogens (tertiary/aromatic N) is 2. The maximum Gasteiger partial charge on any atom is 0.242 e. The quantitative estimate of drug-likeness (QED) is 0.333. The molecular weight excluding hydrogens is 374 g/mol. The normalized spacial score (nSPS) is 11.6. The number of hydrogen-bond donors (Lipinski definition) is 3. The number of hydrogen-bond acceptors (Lipinski definition) is 7. The van der Waals surface area contributed by atoms with Gasteiger partial charge in [-0.15, -0.1) is 0 Å². The highest BCUT2D eigenvalue weighted by atomic mass is 32.2. The van der Waals surface area contributed by atoms with Crippen LogP contribution >= 0.6 is 11.8 Å². The third kappa shape index (κ3) is 4.86. The molecule has 0 aliphatic carbocycles. The molecular formula is C20H19N5O2S. The number of thioether (sulfide) groups is 1. The van der Waals surface area contributed by atoms with Crippen LogP contribution in [0.5, 0.6) is 0 Å². The number of rotatable bonds is 6. The average Bonchev–Trinajstić information content (AvgIpc) is 2.66. The maximum atomic E-state index is 13.0. The van der Waals surface area contributed by atoms with Crippen molar-refractivity contribution in [2.24, 2.45) is 0 Å². The van der Waals surface area contributed by atoms with Crippen LogP contribution < -0.4 is 16.8 Å². The van der Waals surface area contributed by atoms with Gasteiger partial charge in [-0.05, 0) is 24.6 Å². The third-order valence-corrected chi connectivity index (χ3v) is 4.96. The molecule has 0 spiro atoms. The second-order valence-electron chi connectivity index (χ2n) is 6.04. The van der Waals surface area contributed by atoms with E-state index in [-0.39, 0.29) is 23.3 Å². The Hall–Kier alpha value is -3.39. The molecule has 142 valence electrons. The van der Waals surface area contributed by atoms with Crippen LogP contribution in [0.4, 0.5) is 17.3 Å². The number of carbonyl (C=O) groups excluding carboxylic acids is 2. The summed E-state index contributed by atoms with van der Waals surface area (Å²) in [6.45, 7) is 1.48. The zero-order valence-corrected chi connectivity index (χ0v) is 15.9. The minimum atomic E-state index is -0.636. The average molecular weight is 393 g/mol. The van der Waals surface area contributed by atoms with Crippen molar-refractivity contribution in [1.29, 1.82) is 0 Å². The smallest absolute Gasteiger partial charge is 0.242 e. The lowest BCUT2D eigenvalue weighted by Crippen LogP contribution is -2.19. The summed E-state index contributed by atoms with van der Waals surface area (Å²) in [6, 6.07) is 17.5. The number of Topliss-reactive ketones (excluding diaryl/α,β-unsaturated/α-hetero) is 1. The monoisotopic (exact) mass is 393 g/mol. The van der Waals surface area contributed by atoms with Crippen LogP contribution in [-0.2, 0) is 4.79 Å². The van der Waals surface area contributed by atoms with E-state index in [9.17, 15) is 9.59 Å². The standard InChI is InChI=1S/C20H19N5O2S/c1-12(26)14-8-5-9-15(10-14)23-19(27)18(13-6-3-2-4-7-13)28-20-24-16(21)11-17(22)25-20/h2-11,18H,1H3,(H,23,27)(H4,21,22,24,25)/t18-/m1/s1. The molecule has 3 aromatic rings. The van der Waals surface area contributed by atoms with Crippen molar-refractivity contribution in [2.45, 2.75) is 17.3 Å². The van der Waals surface area contributed by atoms with Crippen LogP contribution in [0.15, 0.2) is 65.8 Å². The first kappa shape index (κ1) is 19.4. The van der Waals surface area contributed by atoms with Crippen LogP contribution in [0.3, 0.4) is 0 Å². The van der Waals surface area contributed by atoms with Crippen LogP contribution in [0, 0.1) is 0 Å². The number of benzene rings is 2. The Morgan fingerprint density at radius 3 is 2.29 bits per heavy atom. The number of amides is 1. The highest BCUT2D eigenvalue weighted by molar-refractivity contribution is 8.00. The van der Waals surface area contributed by atoms with Gasteiger partial charge in [0.25, 0.3) is 0 Å². The molecule has 0 saturated heterocycles. The van der Waals surface area contributed by atoms with Gasteiger partial charge in [0.15, 0.2) is 10.9 Å². The van der Waals surface area contributed by atoms with E-state index in [4.69, 9.17) is 11.5 Å². The molecule has 1 heterocycles. The molecule has 0 fully saturated rings. The molecule has 0 radical (unpaired) electrons. The zero-order valence-electron chi connectivity index (χ0n) is 15.1. The summed E-state index contributed by atoms with van der Waals surface area (Å²) < 4.78 is 0. The van der Waals surface area contributed by atoms with Gasteiger partial charge in [-0.25, -0.2) is 9.97 Å². The second-order valence-corrected chi connectivity index (χ2v) is 7.11. The molecule has 1 amide bonds. The van der Waals surface area contributed by atoms with Gasteiger partial charge in [-0.1, -0.05) is 54.2 Å². The molecule has 0 bridgehead atoms. The molecule has 3 rings (SSSR count). The molecule has 28 heavy (non-hydrogen) atoms. The molecule has 5 N–H and O–H groups in total. The van der Waals surface area contributed by atoms with Crippen molar-refractivity contribution in [3.63, 3.8) is 0 Å². The summed E-state index contributed by atoms with van der Waals surface area (Å²) in [5, 5.41) is 2.52. The van der Waals surface area contributed by atoms with Gasteiger partial charge in [-0.2, -0.15) is 0 Å². The largest absolute Gasteiger partial charge is 0.383 e. The van der Waals surface area contributed by atoms with Gasteiger partial charge in [0.1, 0.15) is 16.9 Å². The second kappa shape index (κ2) is 8.53. The van der Waals surface area contributed by atoms with Gasteiger partial charge in [-0.3, -0.25) is 9.59 Å².